The molecule has 4 rings (SSSR count). The number of aliphatic carboxylic acids is 1. The lowest BCUT2D eigenvalue weighted by molar-refractivity contribution is -0.142. The molecule has 0 aliphatic heterocycles. The summed E-state index contributed by atoms with van der Waals surface area (Å²) in [5.41, 5.74) is -2.79. The maximum absolute atomic E-state index is 14.4. The van der Waals surface area contributed by atoms with Crippen LogP contribution in [0.25, 0.3) is 10.8 Å². The van der Waals surface area contributed by atoms with Crippen LogP contribution in [0.5, 0.6) is 0 Å². The number of hydrogen-bond donors (Lipinski definition) is 8. The number of Topliss-reactive ketones (excluding diaryl/α,β-unsaturated/α-hetero) is 1. The molecule has 0 aromatic heterocycles. The molecule has 0 bridgehead atoms. The lowest BCUT2D eigenvalue weighted by Gasteiger charge is -2.33. The summed E-state index contributed by atoms with van der Waals surface area (Å²) in [5, 5.41) is 36.2. The highest BCUT2D eigenvalue weighted by molar-refractivity contribution is 6.09. The Kier molecular flexibility index (Phi) is 18.8. The number of amides is 6. The van der Waals surface area contributed by atoms with Crippen molar-refractivity contribution in [2.45, 2.75) is 123 Å². The fourth-order valence-electron chi connectivity index (χ4n) is 7.27. The van der Waals surface area contributed by atoms with Gasteiger partial charge in [0.05, 0.1) is 11.5 Å². The molecule has 4 unspecified atom stereocenters. The second-order valence-electron chi connectivity index (χ2n) is 19.5. The van der Waals surface area contributed by atoms with Gasteiger partial charge in [0, 0.05) is 42.9 Å². The van der Waals surface area contributed by atoms with Crippen LogP contribution in [0.2, 0.25) is 0 Å². The van der Waals surface area contributed by atoms with Crippen LogP contribution < -0.4 is 31.9 Å². The number of hydrogen-bond acceptors (Lipinski definition) is 10. The molecule has 374 valence electrons. The minimum Gasteiger partial charge on any atom is -0.480 e. The van der Waals surface area contributed by atoms with Gasteiger partial charge >= 0.3 is 5.97 Å². The summed E-state index contributed by atoms with van der Waals surface area (Å²) in [6.07, 6.45) is -0.285. The van der Waals surface area contributed by atoms with E-state index in [9.17, 15) is 53.4 Å². The van der Waals surface area contributed by atoms with Crippen LogP contribution in [0.4, 0.5) is 0 Å². The third kappa shape index (κ3) is 15.4. The molecule has 17 heteroatoms. The fraction of sp³-hybridized carbons (Fsp3) is 0.415. The third-order valence-corrected chi connectivity index (χ3v) is 12.0. The van der Waals surface area contributed by atoms with Crippen LogP contribution in [-0.2, 0) is 51.2 Å². The number of rotatable bonds is 24. The Hall–Kier alpha value is -7.27. The molecule has 0 spiro atoms. The van der Waals surface area contributed by atoms with Crippen LogP contribution in [0.1, 0.15) is 102 Å². The van der Waals surface area contributed by atoms with Crippen LogP contribution >= 0.6 is 0 Å². The number of carboxylic acids is 1. The van der Waals surface area contributed by atoms with E-state index < -0.39 is 93.8 Å². The van der Waals surface area contributed by atoms with Gasteiger partial charge in [0.2, 0.25) is 35.4 Å². The molecule has 0 fully saturated rings. The molecule has 4 aromatic carbocycles. The van der Waals surface area contributed by atoms with Gasteiger partial charge in [-0.05, 0) is 69.9 Å². The number of aliphatic hydroxyl groups is 1. The first kappa shape index (κ1) is 55.3. The molecular weight excluding hydrogens is 897 g/mol. The number of carbonyl (C=O) groups is 9. The SMILES string of the molecule is CC(NC(=O)C(C)(C)NC(=O)C(Cc1ccc(C(=O)c2ccccc2)cc1)NC(=O)C(C)(C)NC(=O)C(Cc1ccc2ccccc2c1)NC(=O)C(C)(C)CC(=O)C(C)NC(=O)[C@@H](C)CCO)C(=O)O. The molecular formula is C53H66N6O11. The van der Waals surface area contributed by atoms with Crippen molar-refractivity contribution in [1.29, 1.82) is 0 Å². The number of nitrogens with one attached hydrogen (secondary N) is 6. The monoisotopic (exact) mass is 962 g/mol. The highest BCUT2D eigenvalue weighted by Crippen LogP contribution is 2.24. The zero-order valence-corrected chi connectivity index (χ0v) is 41.2. The number of aliphatic hydroxyl groups excluding tert-OH is 1. The molecule has 5 atom stereocenters. The molecule has 17 nitrogen and oxygen atoms in total. The molecule has 8 N–H and O–H groups in total. The van der Waals surface area contributed by atoms with Gasteiger partial charge in [-0.3, -0.25) is 43.2 Å². The number of ketones is 2. The van der Waals surface area contributed by atoms with Crippen LogP contribution in [0, 0.1) is 11.3 Å². The lowest BCUT2D eigenvalue weighted by atomic mass is 9.84. The Morgan fingerprint density at radius 3 is 1.57 bits per heavy atom. The van der Waals surface area contributed by atoms with E-state index in [0.717, 1.165) is 10.8 Å². The van der Waals surface area contributed by atoms with Crippen molar-refractivity contribution in [3.05, 3.63) is 119 Å². The highest BCUT2D eigenvalue weighted by atomic mass is 16.4. The number of fused-ring (bicyclic) bond motifs is 1. The van der Waals surface area contributed by atoms with Crippen molar-refractivity contribution in [2.75, 3.05) is 6.61 Å². The minimum absolute atomic E-state index is 0.0369. The Morgan fingerprint density at radius 2 is 1.01 bits per heavy atom. The van der Waals surface area contributed by atoms with Crippen molar-refractivity contribution >= 4 is 63.8 Å². The Bertz CT molecular complexity index is 2570. The van der Waals surface area contributed by atoms with Gasteiger partial charge in [-0.2, -0.15) is 0 Å². The van der Waals surface area contributed by atoms with Crippen molar-refractivity contribution in [1.82, 2.24) is 31.9 Å². The number of carbonyl (C=O) groups excluding carboxylic acids is 8. The molecule has 0 aliphatic carbocycles. The van der Waals surface area contributed by atoms with Crippen LogP contribution in [0.15, 0.2) is 97.1 Å². The average molecular weight is 963 g/mol. The molecule has 0 aliphatic rings. The summed E-state index contributed by atoms with van der Waals surface area (Å²) in [4.78, 5) is 121. The van der Waals surface area contributed by atoms with Crippen molar-refractivity contribution in [3.63, 3.8) is 0 Å². The van der Waals surface area contributed by atoms with Crippen molar-refractivity contribution in [2.24, 2.45) is 11.3 Å². The molecule has 4 aromatic rings. The summed E-state index contributed by atoms with van der Waals surface area (Å²) >= 11 is 0. The summed E-state index contributed by atoms with van der Waals surface area (Å²) in [5.74, 6) is -6.83. The molecule has 0 saturated heterocycles. The fourth-order valence-corrected chi connectivity index (χ4v) is 7.27. The highest BCUT2D eigenvalue weighted by Gasteiger charge is 2.40. The molecule has 0 saturated carbocycles. The zero-order valence-electron chi connectivity index (χ0n) is 41.2. The Morgan fingerprint density at radius 1 is 0.529 bits per heavy atom. The third-order valence-electron chi connectivity index (χ3n) is 12.0. The van der Waals surface area contributed by atoms with Crippen LogP contribution in [-0.4, -0.2) is 105 Å². The Balaban J connectivity index is 1.60. The molecule has 6 amide bonds. The van der Waals surface area contributed by atoms with E-state index >= 15 is 0 Å². The first-order valence-corrected chi connectivity index (χ1v) is 23.1. The van der Waals surface area contributed by atoms with E-state index in [1.807, 2.05) is 36.4 Å². The Labute approximate surface area is 408 Å². The second kappa shape index (κ2) is 23.8. The van der Waals surface area contributed by atoms with Gasteiger partial charge in [0.15, 0.2) is 11.6 Å². The minimum atomic E-state index is -1.76. The molecule has 0 radical (unpaired) electrons. The van der Waals surface area contributed by atoms with Gasteiger partial charge in [0.25, 0.3) is 0 Å². The first-order chi connectivity index (χ1) is 32.7. The maximum Gasteiger partial charge on any atom is 0.325 e. The van der Waals surface area contributed by atoms with E-state index in [1.54, 1.807) is 67.6 Å². The summed E-state index contributed by atoms with van der Waals surface area (Å²) < 4.78 is 0. The van der Waals surface area contributed by atoms with Gasteiger partial charge in [-0.25, -0.2) is 0 Å². The smallest absolute Gasteiger partial charge is 0.325 e. The second-order valence-corrected chi connectivity index (χ2v) is 19.5. The van der Waals surface area contributed by atoms with E-state index in [0.29, 0.717) is 22.3 Å². The van der Waals surface area contributed by atoms with Crippen molar-refractivity contribution in [3.8, 4) is 0 Å². The largest absolute Gasteiger partial charge is 0.480 e. The van der Waals surface area contributed by atoms with E-state index in [4.69, 9.17) is 0 Å². The van der Waals surface area contributed by atoms with Gasteiger partial charge in [0.1, 0.15) is 29.2 Å². The standard InChI is InChI=1S/C53H66N6O11/c1-31(25-26-60)44(63)54-32(2)42(61)30-51(4,5)48(68)56-41(29-35-21-22-36-15-13-14-18-39(36)27-35)46(65)59-53(8,9)50(70)57-40(45(64)58-52(6,7)49(69)55-33(3)47(66)67)28-34-19-23-38(24-20-34)43(62)37-16-11-10-12-17-37/h10-24,27,31-33,40-41,60H,25-26,28-30H2,1-9H3,(H,54,63)(H,55,69)(H,56,68)(H,57,70)(H,58,64)(H,59,65)(H,66,67)/t31-,32?,33?,40?,41?/m0/s1. The van der Waals surface area contributed by atoms with Crippen molar-refractivity contribution < 1.29 is 53.4 Å². The summed E-state index contributed by atoms with van der Waals surface area (Å²) in [6.45, 7) is 12.8. The normalized spacial score (nSPS) is 13.9. The topological polar surface area (TPSA) is 266 Å². The summed E-state index contributed by atoms with van der Waals surface area (Å²) in [6, 6.07) is 23.2. The van der Waals surface area contributed by atoms with E-state index in [2.05, 4.69) is 31.9 Å². The summed E-state index contributed by atoms with van der Waals surface area (Å²) in [7, 11) is 0. The lowest BCUT2D eigenvalue weighted by Crippen LogP contribution is -2.64. The molecule has 70 heavy (non-hydrogen) atoms. The number of benzene rings is 4. The maximum atomic E-state index is 14.4. The van der Waals surface area contributed by atoms with Gasteiger partial charge < -0.3 is 42.1 Å². The quantitative estimate of drug-likeness (QED) is 0.0470. The predicted octanol–water partition coefficient (Wildman–Crippen LogP) is 3.71. The van der Waals surface area contributed by atoms with Crippen LogP contribution in [0.3, 0.4) is 0 Å². The first-order valence-electron chi connectivity index (χ1n) is 23.1. The number of carboxylic acid groups (broad SMARTS) is 1. The molecule has 0 heterocycles. The average Bonchev–Trinajstić information content (AvgIpc) is 3.30. The van der Waals surface area contributed by atoms with Gasteiger partial charge in [-0.15, -0.1) is 0 Å². The zero-order chi connectivity index (χ0) is 52.1. The predicted molar refractivity (Wildman–Crippen MR) is 263 cm³/mol. The van der Waals surface area contributed by atoms with E-state index in [1.165, 1.54) is 55.4 Å². The van der Waals surface area contributed by atoms with E-state index in [-0.39, 0.29) is 38.1 Å². The van der Waals surface area contributed by atoms with Gasteiger partial charge in [-0.1, -0.05) is 118 Å².